The number of anilines is 1. The number of benzene rings is 1. The number of hydrogen-bond acceptors (Lipinski definition) is 3. The molecule has 0 aliphatic rings. The summed E-state index contributed by atoms with van der Waals surface area (Å²) in [6.45, 7) is 6.57. The van der Waals surface area contributed by atoms with Crippen molar-refractivity contribution in [1.29, 1.82) is 0 Å². The van der Waals surface area contributed by atoms with Gasteiger partial charge in [0.15, 0.2) is 0 Å². The Morgan fingerprint density at radius 1 is 1.17 bits per heavy atom. The first-order valence-corrected chi connectivity index (χ1v) is 6.15. The third kappa shape index (κ3) is 4.98. The second kappa shape index (κ2) is 7.28. The maximum atomic E-state index is 12.9. The van der Waals surface area contributed by atoms with Crippen LogP contribution in [0.25, 0.3) is 0 Å². The van der Waals surface area contributed by atoms with Gasteiger partial charge in [0, 0.05) is 24.8 Å². The molecule has 0 saturated carbocycles. The van der Waals surface area contributed by atoms with Crippen LogP contribution in [0.15, 0.2) is 18.2 Å². The van der Waals surface area contributed by atoms with E-state index in [1.165, 1.54) is 12.1 Å². The van der Waals surface area contributed by atoms with Gasteiger partial charge in [-0.25, -0.2) is 8.78 Å². The highest BCUT2D eigenvalue weighted by Crippen LogP contribution is 2.12. The van der Waals surface area contributed by atoms with Gasteiger partial charge in [0.1, 0.15) is 11.6 Å². The summed E-state index contributed by atoms with van der Waals surface area (Å²) in [7, 11) is 0. The van der Waals surface area contributed by atoms with Gasteiger partial charge in [0.05, 0.1) is 6.10 Å². The lowest BCUT2D eigenvalue weighted by Gasteiger charge is -2.22. The molecule has 0 aliphatic heterocycles. The molecule has 0 radical (unpaired) electrons. The molecule has 1 aromatic rings. The topological polar surface area (TPSA) is 35.5 Å². The summed E-state index contributed by atoms with van der Waals surface area (Å²) in [6, 6.07) is 3.22. The van der Waals surface area contributed by atoms with Gasteiger partial charge in [-0.2, -0.15) is 0 Å². The Kier molecular flexibility index (Phi) is 6.01. The first-order valence-electron chi connectivity index (χ1n) is 6.15. The van der Waals surface area contributed by atoms with Crippen molar-refractivity contribution >= 4 is 5.69 Å². The molecule has 0 fully saturated rings. The SMILES string of the molecule is CCN(CC)CC(O)CNc1cc(F)cc(F)c1. The van der Waals surface area contributed by atoms with Crippen LogP contribution in [0, 0.1) is 11.6 Å². The zero-order chi connectivity index (χ0) is 13.5. The summed E-state index contributed by atoms with van der Waals surface area (Å²) < 4.78 is 25.8. The Labute approximate surface area is 106 Å². The Bertz CT molecular complexity index is 350. The Morgan fingerprint density at radius 3 is 2.22 bits per heavy atom. The summed E-state index contributed by atoms with van der Waals surface area (Å²) in [5.41, 5.74) is 0.339. The van der Waals surface area contributed by atoms with E-state index >= 15 is 0 Å². The van der Waals surface area contributed by atoms with Gasteiger partial charge in [-0.05, 0) is 25.2 Å². The molecule has 1 atom stereocenters. The first kappa shape index (κ1) is 14.9. The maximum Gasteiger partial charge on any atom is 0.128 e. The van der Waals surface area contributed by atoms with Gasteiger partial charge in [0.2, 0.25) is 0 Å². The third-order valence-electron chi connectivity index (χ3n) is 2.77. The van der Waals surface area contributed by atoms with Crippen molar-refractivity contribution in [3.05, 3.63) is 29.8 Å². The molecule has 0 aliphatic carbocycles. The monoisotopic (exact) mass is 258 g/mol. The van der Waals surface area contributed by atoms with Gasteiger partial charge in [-0.3, -0.25) is 0 Å². The highest BCUT2D eigenvalue weighted by Gasteiger charge is 2.09. The predicted octanol–water partition coefficient (Wildman–Crippen LogP) is 2.08. The van der Waals surface area contributed by atoms with E-state index in [-0.39, 0.29) is 6.54 Å². The highest BCUT2D eigenvalue weighted by molar-refractivity contribution is 5.43. The zero-order valence-corrected chi connectivity index (χ0v) is 10.8. The van der Waals surface area contributed by atoms with Gasteiger partial charge >= 0.3 is 0 Å². The number of hydrogen-bond donors (Lipinski definition) is 2. The molecule has 1 unspecified atom stereocenters. The molecule has 0 heterocycles. The number of aliphatic hydroxyl groups is 1. The fourth-order valence-electron chi connectivity index (χ4n) is 1.74. The minimum absolute atomic E-state index is 0.263. The lowest BCUT2D eigenvalue weighted by atomic mass is 10.2. The normalized spacial score (nSPS) is 12.8. The molecule has 1 aromatic carbocycles. The summed E-state index contributed by atoms with van der Waals surface area (Å²) in [5.74, 6) is -1.26. The van der Waals surface area contributed by atoms with Crippen LogP contribution in [0.3, 0.4) is 0 Å². The quantitative estimate of drug-likeness (QED) is 0.786. The molecule has 5 heteroatoms. The van der Waals surface area contributed by atoms with Crippen molar-refractivity contribution in [2.45, 2.75) is 20.0 Å². The molecule has 0 spiro atoms. The molecule has 0 saturated heterocycles. The minimum atomic E-state index is -0.629. The Balaban J connectivity index is 2.44. The van der Waals surface area contributed by atoms with Crippen LogP contribution in [0.1, 0.15) is 13.8 Å². The van der Waals surface area contributed by atoms with Gasteiger partial charge < -0.3 is 15.3 Å². The summed E-state index contributed by atoms with van der Waals surface area (Å²) >= 11 is 0. The molecule has 0 bridgehead atoms. The van der Waals surface area contributed by atoms with Crippen LogP contribution in [0.2, 0.25) is 0 Å². The van der Waals surface area contributed by atoms with Crippen molar-refractivity contribution in [3.8, 4) is 0 Å². The number of halogens is 2. The largest absolute Gasteiger partial charge is 0.390 e. The van der Waals surface area contributed by atoms with E-state index < -0.39 is 17.7 Å². The van der Waals surface area contributed by atoms with Crippen molar-refractivity contribution < 1.29 is 13.9 Å². The standard InChI is InChI=1S/C13H20F2N2O/c1-3-17(4-2)9-13(18)8-16-12-6-10(14)5-11(15)7-12/h5-7,13,16,18H,3-4,8-9H2,1-2H3. The van der Waals surface area contributed by atoms with Crippen LogP contribution < -0.4 is 5.32 Å². The van der Waals surface area contributed by atoms with E-state index in [1.807, 2.05) is 13.8 Å². The molecule has 0 aromatic heterocycles. The lowest BCUT2D eigenvalue weighted by Crippen LogP contribution is -2.35. The number of aliphatic hydroxyl groups excluding tert-OH is 1. The first-order chi connectivity index (χ1) is 8.55. The molecular formula is C13H20F2N2O. The minimum Gasteiger partial charge on any atom is -0.390 e. The number of rotatable bonds is 7. The third-order valence-corrected chi connectivity index (χ3v) is 2.77. The average Bonchev–Trinajstić information content (AvgIpc) is 2.32. The van der Waals surface area contributed by atoms with E-state index in [9.17, 15) is 13.9 Å². The van der Waals surface area contributed by atoms with E-state index in [0.29, 0.717) is 12.2 Å². The average molecular weight is 258 g/mol. The fourth-order valence-corrected chi connectivity index (χ4v) is 1.74. The van der Waals surface area contributed by atoms with Gasteiger partial charge in [0.25, 0.3) is 0 Å². The lowest BCUT2D eigenvalue weighted by molar-refractivity contribution is 0.128. The van der Waals surface area contributed by atoms with Crippen molar-refractivity contribution in [3.63, 3.8) is 0 Å². The van der Waals surface area contributed by atoms with E-state index in [2.05, 4.69) is 10.2 Å². The second-order valence-electron chi connectivity index (χ2n) is 4.18. The van der Waals surface area contributed by atoms with Crippen molar-refractivity contribution in [2.75, 3.05) is 31.5 Å². The smallest absolute Gasteiger partial charge is 0.128 e. The van der Waals surface area contributed by atoms with Gasteiger partial charge in [-0.15, -0.1) is 0 Å². The molecular weight excluding hydrogens is 238 g/mol. The molecule has 0 amide bonds. The van der Waals surface area contributed by atoms with Crippen LogP contribution in [-0.4, -0.2) is 42.3 Å². The number of nitrogens with zero attached hydrogens (tertiary/aromatic N) is 1. The van der Waals surface area contributed by atoms with Crippen LogP contribution >= 0.6 is 0 Å². The Hall–Kier alpha value is -1.20. The highest BCUT2D eigenvalue weighted by atomic mass is 19.1. The second-order valence-corrected chi connectivity index (χ2v) is 4.18. The molecule has 18 heavy (non-hydrogen) atoms. The Morgan fingerprint density at radius 2 is 1.72 bits per heavy atom. The summed E-state index contributed by atoms with van der Waals surface area (Å²) in [5, 5.41) is 12.6. The van der Waals surface area contributed by atoms with E-state index in [4.69, 9.17) is 0 Å². The van der Waals surface area contributed by atoms with Crippen LogP contribution in [0.4, 0.5) is 14.5 Å². The fraction of sp³-hybridized carbons (Fsp3) is 0.538. The van der Waals surface area contributed by atoms with E-state index in [1.54, 1.807) is 0 Å². The van der Waals surface area contributed by atoms with Crippen molar-refractivity contribution in [1.82, 2.24) is 4.90 Å². The van der Waals surface area contributed by atoms with Crippen LogP contribution in [-0.2, 0) is 0 Å². The molecule has 1 rings (SSSR count). The van der Waals surface area contributed by atoms with Crippen LogP contribution in [0.5, 0.6) is 0 Å². The predicted molar refractivity (Wildman–Crippen MR) is 68.6 cm³/mol. The van der Waals surface area contributed by atoms with Gasteiger partial charge in [-0.1, -0.05) is 13.8 Å². The van der Waals surface area contributed by atoms with Crippen molar-refractivity contribution in [2.24, 2.45) is 0 Å². The summed E-state index contributed by atoms with van der Waals surface area (Å²) in [4.78, 5) is 2.08. The number of likely N-dealkylation sites (N-methyl/N-ethyl adjacent to an activating group) is 1. The summed E-state index contributed by atoms with van der Waals surface area (Å²) in [6.07, 6.45) is -0.573. The molecule has 3 nitrogen and oxygen atoms in total. The van der Waals surface area contributed by atoms with E-state index in [0.717, 1.165) is 19.2 Å². The number of nitrogens with one attached hydrogen (secondary N) is 1. The molecule has 102 valence electrons. The zero-order valence-electron chi connectivity index (χ0n) is 10.8. The maximum absolute atomic E-state index is 12.9. The molecule has 2 N–H and O–H groups in total.